The molecular weight excluding hydrogens is 452 g/mol. The van der Waals surface area contributed by atoms with Gasteiger partial charge < -0.3 is 10.4 Å². The standard InChI is InChI=1S/C30H25N2O4/c33-27-29-17-7-8-18-30(29,28(34)31(27)24-13-15-25(16-14-24)32(35)36)20-23(19-29)26(21-9-3-1-4-10-21)22-11-5-2-6-12-22/h1-16,35H,17-20H2/q-1/t29-,30+. The van der Waals surface area contributed by atoms with Gasteiger partial charge in [0.05, 0.1) is 22.2 Å². The van der Waals surface area contributed by atoms with Crippen LogP contribution in [0.25, 0.3) is 5.57 Å². The predicted octanol–water partition coefficient (Wildman–Crippen LogP) is 5.87. The van der Waals surface area contributed by atoms with Gasteiger partial charge in [-0.3, -0.25) is 14.8 Å². The quantitative estimate of drug-likeness (QED) is 0.289. The SMILES string of the molecule is O=C1N(c2ccc(N([O-])O)cc2)C(=O)[C@]23CC=CC[C@]12CC(=C(c1ccccc1)c1ccccc1)C3. The molecule has 0 unspecified atom stereocenters. The maximum absolute atomic E-state index is 14.1. The van der Waals surface area contributed by atoms with Gasteiger partial charge in [0.25, 0.3) is 0 Å². The van der Waals surface area contributed by atoms with Gasteiger partial charge >= 0.3 is 0 Å². The van der Waals surface area contributed by atoms with Crippen LogP contribution < -0.4 is 10.1 Å². The second-order valence-corrected chi connectivity index (χ2v) is 9.84. The van der Waals surface area contributed by atoms with E-state index in [4.69, 9.17) is 5.21 Å². The summed E-state index contributed by atoms with van der Waals surface area (Å²) in [5.41, 5.74) is 3.16. The van der Waals surface area contributed by atoms with Crippen molar-refractivity contribution in [1.82, 2.24) is 0 Å². The molecule has 0 radical (unpaired) electrons. The summed E-state index contributed by atoms with van der Waals surface area (Å²) in [6.07, 6.45) is 6.12. The van der Waals surface area contributed by atoms with Gasteiger partial charge in [0.2, 0.25) is 11.8 Å². The van der Waals surface area contributed by atoms with E-state index < -0.39 is 10.8 Å². The fourth-order valence-electron chi connectivity index (χ4n) is 6.41. The minimum Gasteiger partial charge on any atom is -0.733 e. The van der Waals surface area contributed by atoms with Gasteiger partial charge in [-0.25, -0.2) is 4.90 Å². The van der Waals surface area contributed by atoms with Crippen molar-refractivity contribution in [3.8, 4) is 0 Å². The number of rotatable bonds is 4. The zero-order valence-electron chi connectivity index (χ0n) is 19.6. The van der Waals surface area contributed by atoms with Crippen molar-refractivity contribution in [1.29, 1.82) is 0 Å². The molecule has 3 aromatic carbocycles. The van der Waals surface area contributed by atoms with Crippen LogP contribution in [0.5, 0.6) is 0 Å². The molecule has 6 rings (SSSR count). The van der Waals surface area contributed by atoms with Gasteiger partial charge in [-0.05, 0) is 66.6 Å². The van der Waals surface area contributed by atoms with E-state index in [9.17, 15) is 14.8 Å². The highest BCUT2D eigenvalue weighted by atomic mass is 16.8. The molecule has 6 heteroatoms. The zero-order chi connectivity index (χ0) is 24.9. The van der Waals surface area contributed by atoms with Gasteiger partial charge in [-0.1, -0.05) is 78.4 Å². The predicted molar refractivity (Wildman–Crippen MR) is 138 cm³/mol. The molecule has 1 aliphatic heterocycles. The van der Waals surface area contributed by atoms with E-state index in [1.807, 2.05) is 48.6 Å². The lowest BCUT2D eigenvalue weighted by atomic mass is 9.61. The molecule has 1 N–H and O–H groups in total. The Kier molecular flexibility index (Phi) is 5.18. The molecule has 1 saturated carbocycles. The molecule has 3 aromatic rings. The van der Waals surface area contributed by atoms with E-state index in [1.165, 1.54) is 29.2 Å². The first-order chi connectivity index (χ1) is 17.5. The van der Waals surface area contributed by atoms with Crippen LogP contribution >= 0.6 is 0 Å². The Balaban J connectivity index is 1.49. The van der Waals surface area contributed by atoms with E-state index in [1.54, 1.807) is 0 Å². The lowest BCUT2D eigenvalue weighted by molar-refractivity contribution is -0.132. The largest absolute Gasteiger partial charge is 0.733 e. The van der Waals surface area contributed by atoms with Crippen LogP contribution in [0.2, 0.25) is 0 Å². The number of carbonyl (C=O) groups excluding carboxylic acids is 2. The van der Waals surface area contributed by atoms with E-state index in [0.717, 1.165) is 22.3 Å². The van der Waals surface area contributed by atoms with Crippen LogP contribution in [0.4, 0.5) is 11.4 Å². The molecular formula is C30H25N2O4-. The van der Waals surface area contributed by atoms with Crippen LogP contribution in [0, 0.1) is 16.0 Å². The maximum Gasteiger partial charge on any atom is 0.241 e. The Morgan fingerprint density at radius 2 is 1.22 bits per heavy atom. The lowest BCUT2D eigenvalue weighted by Gasteiger charge is -2.36. The number of imide groups is 1. The molecule has 2 atom stereocenters. The number of amides is 2. The summed E-state index contributed by atoms with van der Waals surface area (Å²) in [6.45, 7) is 0. The molecule has 1 saturated heterocycles. The van der Waals surface area contributed by atoms with Crippen LogP contribution in [0.15, 0.2) is 103 Å². The van der Waals surface area contributed by atoms with Crippen LogP contribution in [0.3, 0.4) is 0 Å². The summed E-state index contributed by atoms with van der Waals surface area (Å²) < 4.78 is 0. The third-order valence-corrected chi connectivity index (χ3v) is 8.08. The number of carbonyl (C=O) groups is 2. The monoisotopic (exact) mass is 477 g/mol. The van der Waals surface area contributed by atoms with Crippen molar-refractivity contribution in [2.75, 3.05) is 10.1 Å². The Morgan fingerprint density at radius 3 is 1.67 bits per heavy atom. The Morgan fingerprint density at radius 1 is 0.750 bits per heavy atom. The van der Waals surface area contributed by atoms with Gasteiger partial charge in [0.15, 0.2) is 0 Å². The first-order valence-corrected chi connectivity index (χ1v) is 12.1. The van der Waals surface area contributed by atoms with Crippen molar-refractivity contribution >= 4 is 28.8 Å². The summed E-state index contributed by atoms with van der Waals surface area (Å²) in [5, 5.41) is 20.1. The van der Waals surface area contributed by atoms with Crippen LogP contribution in [-0.4, -0.2) is 17.0 Å². The third-order valence-electron chi connectivity index (χ3n) is 8.08. The number of allylic oxidation sites excluding steroid dienone is 3. The van der Waals surface area contributed by atoms with Crippen molar-refractivity contribution in [2.24, 2.45) is 10.8 Å². The zero-order valence-corrected chi connectivity index (χ0v) is 19.6. The normalized spacial score (nSPS) is 24.6. The van der Waals surface area contributed by atoms with Crippen molar-refractivity contribution in [3.63, 3.8) is 0 Å². The Hall–Kier alpha value is -4.00. The molecule has 2 fully saturated rings. The minimum atomic E-state index is -0.844. The van der Waals surface area contributed by atoms with E-state index in [-0.39, 0.29) is 22.7 Å². The molecule has 180 valence electrons. The molecule has 3 aliphatic rings. The summed E-state index contributed by atoms with van der Waals surface area (Å²) >= 11 is 0. The summed E-state index contributed by atoms with van der Waals surface area (Å²) in [7, 11) is 0. The number of benzene rings is 3. The highest BCUT2D eigenvalue weighted by Crippen LogP contribution is 2.67. The molecule has 2 amide bonds. The van der Waals surface area contributed by atoms with E-state index >= 15 is 0 Å². The van der Waals surface area contributed by atoms with E-state index in [0.29, 0.717) is 31.4 Å². The molecule has 36 heavy (non-hydrogen) atoms. The fourth-order valence-corrected chi connectivity index (χ4v) is 6.41. The van der Waals surface area contributed by atoms with Crippen molar-refractivity contribution < 1.29 is 14.8 Å². The first-order valence-electron chi connectivity index (χ1n) is 12.1. The number of hydrogen-bond donors (Lipinski definition) is 1. The minimum absolute atomic E-state index is 0.0361. The lowest BCUT2D eigenvalue weighted by Crippen LogP contribution is -2.41. The van der Waals surface area contributed by atoms with Crippen LogP contribution in [-0.2, 0) is 9.59 Å². The summed E-state index contributed by atoms with van der Waals surface area (Å²) in [4.78, 5) is 29.6. The topological polar surface area (TPSA) is 83.9 Å². The Labute approximate surface area is 209 Å². The van der Waals surface area contributed by atoms with Gasteiger partial charge in [-0.15, -0.1) is 0 Å². The summed E-state index contributed by atoms with van der Waals surface area (Å²) in [6, 6.07) is 26.2. The second kappa shape index (κ2) is 8.29. The second-order valence-electron chi connectivity index (χ2n) is 9.84. The average Bonchev–Trinajstić information content (AvgIpc) is 3.35. The first kappa shape index (κ1) is 22.5. The molecule has 1 heterocycles. The van der Waals surface area contributed by atoms with E-state index in [2.05, 4.69) is 24.3 Å². The molecule has 0 aromatic heterocycles. The number of anilines is 2. The molecule has 0 bridgehead atoms. The third kappa shape index (κ3) is 3.11. The van der Waals surface area contributed by atoms with Gasteiger partial charge in [-0.2, -0.15) is 0 Å². The average molecular weight is 478 g/mol. The fraction of sp³-hybridized carbons (Fsp3) is 0.200. The highest BCUT2D eigenvalue weighted by Gasteiger charge is 2.72. The maximum atomic E-state index is 14.1. The molecule has 0 spiro atoms. The van der Waals surface area contributed by atoms with Crippen molar-refractivity contribution in [2.45, 2.75) is 25.7 Å². The number of hydrogen-bond acceptors (Lipinski definition) is 5. The Bertz CT molecular complexity index is 1320. The molecule has 2 aliphatic carbocycles. The van der Waals surface area contributed by atoms with Gasteiger partial charge in [0.1, 0.15) is 0 Å². The molecule has 6 nitrogen and oxygen atoms in total. The summed E-state index contributed by atoms with van der Waals surface area (Å²) in [5.74, 6) is -0.383. The van der Waals surface area contributed by atoms with Crippen LogP contribution in [0.1, 0.15) is 36.8 Å². The van der Waals surface area contributed by atoms with Gasteiger partial charge in [0, 0.05) is 0 Å². The number of nitrogens with zero attached hydrogens (tertiary/aromatic N) is 2. The van der Waals surface area contributed by atoms with Crippen molar-refractivity contribution in [3.05, 3.63) is 119 Å². The highest BCUT2D eigenvalue weighted by molar-refractivity contribution is 6.26. The smallest absolute Gasteiger partial charge is 0.241 e.